The maximum atomic E-state index is 5.99. The van der Waals surface area contributed by atoms with Crippen molar-refractivity contribution in [2.45, 2.75) is 38.5 Å². The lowest BCUT2D eigenvalue weighted by molar-refractivity contribution is -0.0390. The summed E-state index contributed by atoms with van der Waals surface area (Å²) in [6.45, 7) is 3.73. The smallest absolute Gasteiger partial charge is 0.191 e. The lowest BCUT2D eigenvalue weighted by Gasteiger charge is -2.22. The largest absolute Gasteiger partial charge is 0.493 e. The molecule has 0 aliphatic carbocycles. The van der Waals surface area contributed by atoms with Gasteiger partial charge in [-0.25, -0.2) is 0 Å². The van der Waals surface area contributed by atoms with E-state index in [1.54, 1.807) is 21.3 Å². The first-order chi connectivity index (χ1) is 15.7. The predicted molar refractivity (Wildman–Crippen MR) is 142 cm³/mol. The van der Waals surface area contributed by atoms with Crippen LogP contribution in [0.25, 0.3) is 0 Å². The number of ether oxygens (including phenoxy) is 4. The molecule has 0 aromatic heterocycles. The second-order valence-electron chi connectivity index (χ2n) is 7.73. The number of rotatable bonds is 10. The van der Waals surface area contributed by atoms with Crippen molar-refractivity contribution in [1.82, 2.24) is 10.6 Å². The fraction of sp³-hybridized carbons (Fsp3) is 0.480. The molecule has 0 radical (unpaired) electrons. The SMILES string of the molecule is CN=C(NCCc1ccc(OC)c(OC)c1)NCc1ccc(COC2CCOCC2)cc1.I. The van der Waals surface area contributed by atoms with Crippen LogP contribution in [-0.4, -0.2) is 53.1 Å². The molecule has 7 nitrogen and oxygen atoms in total. The Labute approximate surface area is 214 Å². The molecule has 182 valence electrons. The van der Waals surface area contributed by atoms with Crippen molar-refractivity contribution >= 4 is 29.9 Å². The van der Waals surface area contributed by atoms with E-state index in [-0.39, 0.29) is 24.0 Å². The quantitative estimate of drug-likeness (QED) is 0.257. The Bertz CT molecular complexity index is 855. The Morgan fingerprint density at radius 1 is 0.939 bits per heavy atom. The second-order valence-corrected chi connectivity index (χ2v) is 7.73. The van der Waals surface area contributed by atoms with Crippen molar-refractivity contribution in [3.05, 3.63) is 59.2 Å². The molecule has 1 saturated heterocycles. The number of aliphatic imine (C=N–C) groups is 1. The number of nitrogens with zero attached hydrogens (tertiary/aromatic N) is 1. The van der Waals surface area contributed by atoms with Gasteiger partial charge in [-0.05, 0) is 48.1 Å². The first kappa shape index (κ1) is 27.2. The molecular formula is C25H36IN3O4. The summed E-state index contributed by atoms with van der Waals surface area (Å²) in [6, 6.07) is 14.5. The summed E-state index contributed by atoms with van der Waals surface area (Å²) in [6.07, 6.45) is 3.14. The van der Waals surface area contributed by atoms with E-state index in [1.165, 1.54) is 16.7 Å². The molecule has 0 unspecified atom stereocenters. The average Bonchev–Trinajstić information content (AvgIpc) is 2.86. The maximum Gasteiger partial charge on any atom is 0.191 e. The van der Waals surface area contributed by atoms with E-state index in [9.17, 15) is 0 Å². The lowest BCUT2D eigenvalue weighted by Crippen LogP contribution is -2.37. The molecule has 0 saturated carbocycles. The van der Waals surface area contributed by atoms with Crippen molar-refractivity contribution in [3.8, 4) is 11.5 Å². The molecule has 2 aromatic carbocycles. The predicted octanol–water partition coefficient (Wildman–Crippen LogP) is 3.93. The van der Waals surface area contributed by atoms with Gasteiger partial charge in [0.25, 0.3) is 0 Å². The molecule has 1 fully saturated rings. The number of nitrogens with one attached hydrogen (secondary N) is 2. The summed E-state index contributed by atoms with van der Waals surface area (Å²) in [5, 5.41) is 6.72. The van der Waals surface area contributed by atoms with E-state index in [0.29, 0.717) is 19.3 Å². The summed E-state index contributed by atoms with van der Waals surface area (Å²) in [7, 11) is 5.07. The number of halogens is 1. The van der Waals surface area contributed by atoms with Gasteiger partial charge in [0.1, 0.15) is 0 Å². The number of methoxy groups -OCH3 is 2. The zero-order chi connectivity index (χ0) is 22.6. The van der Waals surface area contributed by atoms with Crippen LogP contribution in [0.3, 0.4) is 0 Å². The third-order valence-electron chi connectivity index (χ3n) is 5.51. The first-order valence-electron chi connectivity index (χ1n) is 11.1. The molecule has 8 heteroatoms. The van der Waals surface area contributed by atoms with Crippen molar-refractivity contribution in [1.29, 1.82) is 0 Å². The highest BCUT2D eigenvalue weighted by Gasteiger charge is 2.14. The molecule has 2 N–H and O–H groups in total. The van der Waals surface area contributed by atoms with E-state index in [2.05, 4.69) is 39.9 Å². The number of benzene rings is 2. The summed E-state index contributed by atoms with van der Waals surface area (Å²) >= 11 is 0. The zero-order valence-corrected chi connectivity index (χ0v) is 22.1. The van der Waals surface area contributed by atoms with Crippen LogP contribution in [0.5, 0.6) is 11.5 Å². The number of guanidine groups is 1. The topological polar surface area (TPSA) is 73.3 Å². The molecule has 0 atom stereocenters. The van der Waals surface area contributed by atoms with E-state index in [4.69, 9.17) is 18.9 Å². The third kappa shape index (κ3) is 9.02. The van der Waals surface area contributed by atoms with Gasteiger partial charge < -0.3 is 29.6 Å². The highest BCUT2D eigenvalue weighted by Crippen LogP contribution is 2.27. The zero-order valence-electron chi connectivity index (χ0n) is 19.8. The Morgan fingerprint density at radius 2 is 1.61 bits per heavy atom. The standard InChI is InChI=1S/C25H35N3O4.HI/c1-26-25(27-13-10-19-8-9-23(29-2)24(16-19)30-3)28-17-20-4-6-21(7-5-20)18-32-22-11-14-31-15-12-22;/h4-9,16,22H,10-15,17-18H2,1-3H3,(H2,26,27,28);1H. The minimum atomic E-state index is 0. The molecule has 0 amide bonds. The van der Waals surface area contributed by atoms with Crippen molar-refractivity contribution in [3.63, 3.8) is 0 Å². The molecule has 1 heterocycles. The van der Waals surface area contributed by atoms with Crippen molar-refractivity contribution in [2.24, 2.45) is 4.99 Å². The molecule has 0 spiro atoms. The molecular weight excluding hydrogens is 533 g/mol. The molecule has 33 heavy (non-hydrogen) atoms. The lowest BCUT2D eigenvalue weighted by atomic mass is 10.1. The molecule has 3 rings (SSSR count). The molecule has 2 aromatic rings. The Morgan fingerprint density at radius 3 is 2.27 bits per heavy atom. The highest BCUT2D eigenvalue weighted by molar-refractivity contribution is 14.0. The number of hydrogen-bond donors (Lipinski definition) is 2. The van der Waals surface area contributed by atoms with Crippen molar-refractivity contribution in [2.75, 3.05) is 41.0 Å². The van der Waals surface area contributed by atoms with Crippen LogP contribution in [0.15, 0.2) is 47.5 Å². The minimum Gasteiger partial charge on any atom is -0.493 e. The average molecular weight is 569 g/mol. The van der Waals surface area contributed by atoms with Crippen molar-refractivity contribution < 1.29 is 18.9 Å². The van der Waals surface area contributed by atoms with Crippen LogP contribution in [0.4, 0.5) is 0 Å². The normalized spacial score (nSPS) is 14.3. The van der Waals surface area contributed by atoms with Crippen LogP contribution in [0.1, 0.15) is 29.5 Å². The highest BCUT2D eigenvalue weighted by atomic mass is 127. The van der Waals surface area contributed by atoms with Gasteiger partial charge in [-0.2, -0.15) is 0 Å². The molecule has 1 aliphatic heterocycles. The Balaban J connectivity index is 0.00000385. The number of hydrogen-bond acceptors (Lipinski definition) is 5. The van der Waals surface area contributed by atoms with E-state index in [1.807, 2.05) is 18.2 Å². The third-order valence-corrected chi connectivity index (χ3v) is 5.51. The van der Waals surface area contributed by atoms with Gasteiger partial charge in [-0.3, -0.25) is 4.99 Å². The van der Waals surface area contributed by atoms with Crippen LogP contribution in [0, 0.1) is 0 Å². The summed E-state index contributed by atoms with van der Waals surface area (Å²) < 4.78 is 22.0. The Hall–Kier alpha value is -2.04. The van der Waals surface area contributed by atoms with Gasteiger partial charge in [-0.15, -0.1) is 24.0 Å². The van der Waals surface area contributed by atoms with Crippen LogP contribution in [-0.2, 0) is 29.0 Å². The van der Waals surface area contributed by atoms with Gasteiger partial charge in [-0.1, -0.05) is 30.3 Å². The minimum absolute atomic E-state index is 0. The fourth-order valence-corrected chi connectivity index (χ4v) is 3.58. The summed E-state index contributed by atoms with van der Waals surface area (Å²) in [5.74, 6) is 2.26. The van der Waals surface area contributed by atoms with Gasteiger partial charge in [0.2, 0.25) is 0 Å². The summed E-state index contributed by atoms with van der Waals surface area (Å²) in [4.78, 5) is 4.31. The monoisotopic (exact) mass is 569 g/mol. The van der Waals surface area contributed by atoms with Gasteiger partial charge in [0.15, 0.2) is 17.5 Å². The Kier molecular flexibility index (Phi) is 12.3. The van der Waals surface area contributed by atoms with Gasteiger partial charge in [0.05, 0.1) is 26.9 Å². The molecule has 0 bridgehead atoms. The second kappa shape index (κ2) is 15.0. The first-order valence-corrected chi connectivity index (χ1v) is 11.1. The van der Waals surface area contributed by atoms with Crippen LogP contribution in [0.2, 0.25) is 0 Å². The maximum absolute atomic E-state index is 5.99. The van der Waals surface area contributed by atoms with Crippen LogP contribution >= 0.6 is 24.0 Å². The molecule has 1 aliphatic rings. The van der Waals surface area contributed by atoms with E-state index < -0.39 is 0 Å². The van der Waals surface area contributed by atoms with Gasteiger partial charge >= 0.3 is 0 Å². The summed E-state index contributed by atoms with van der Waals surface area (Å²) in [5.41, 5.74) is 3.56. The van der Waals surface area contributed by atoms with E-state index in [0.717, 1.165) is 56.5 Å². The van der Waals surface area contributed by atoms with Gasteiger partial charge in [0, 0.05) is 33.4 Å². The fourth-order valence-electron chi connectivity index (χ4n) is 3.58. The van der Waals surface area contributed by atoms with E-state index >= 15 is 0 Å². The van der Waals surface area contributed by atoms with Crippen LogP contribution < -0.4 is 20.1 Å².